The minimum atomic E-state index is 0. The predicted molar refractivity (Wildman–Crippen MR) is 125 cm³/mol. The summed E-state index contributed by atoms with van der Waals surface area (Å²) < 4.78 is 5.89. The van der Waals surface area contributed by atoms with Crippen LogP contribution in [-0.4, -0.2) is 35.7 Å². The Labute approximate surface area is 183 Å². The van der Waals surface area contributed by atoms with Crippen molar-refractivity contribution in [3.05, 3.63) is 46.6 Å². The number of aryl methyl sites for hydroxylation is 1. The fraction of sp³-hybridized carbons (Fsp3) is 0.560. The van der Waals surface area contributed by atoms with E-state index in [0.29, 0.717) is 6.42 Å². The summed E-state index contributed by atoms with van der Waals surface area (Å²) in [5.41, 5.74) is 7.05. The van der Waals surface area contributed by atoms with Gasteiger partial charge in [-0.15, -0.1) is 5.10 Å². The van der Waals surface area contributed by atoms with E-state index in [1.807, 2.05) is 34.7 Å². The normalized spacial score (nSPS) is 16.0. The van der Waals surface area contributed by atoms with E-state index < -0.39 is 0 Å². The van der Waals surface area contributed by atoms with E-state index in [9.17, 15) is 4.79 Å². The first-order valence-corrected chi connectivity index (χ1v) is 11.3. The third-order valence-corrected chi connectivity index (χ3v) is 5.54. The number of hydrogen-bond donors (Lipinski definition) is 1. The van der Waals surface area contributed by atoms with Gasteiger partial charge in [-0.3, -0.25) is 4.79 Å². The molecule has 1 N–H and O–H groups in total. The van der Waals surface area contributed by atoms with Gasteiger partial charge in [0.25, 0.3) is 0 Å². The van der Waals surface area contributed by atoms with Gasteiger partial charge in [-0.1, -0.05) is 45.0 Å². The first-order valence-electron chi connectivity index (χ1n) is 11.3. The predicted octanol–water partition coefficient (Wildman–Crippen LogP) is 5.08. The molecule has 1 atom stereocenters. The lowest BCUT2D eigenvalue weighted by atomic mass is 9.89. The zero-order valence-electron chi connectivity index (χ0n) is 19.3. The Kier molecular flexibility index (Phi) is 10.1. The smallest absolute Gasteiger partial charge is 0.158 e. The van der Waals surface area contributed by atoms with Crippen molar-refractivity contribution in [2.24, 2.45) is 0 Å². The van der Waals surface area contributed by atoms with E-state index in [1.54, 1.807) is 0 Å². The quantitative estimate of drug-likeness (QED) is 0.686. The number of Topliss-reactive ketones (excluding diaryl/α,β-unsaturated/α-hetero) is 1. The Hall–Kier alpha value is -2.11. The number of nitrogens with one attached hydrogen (secondary N) is 1. The van der Waals surface area contributed by atoms with E-state index >= 15 is 0 Å². The Morgan fingerprint density at radius 3 is 2.53 bits per heavy atom. The number of carbonyl (C=O) groups excluding carboxylic acids is 1. The Bertz CT molecular complexity index is 809. The third-order valence-electron chi connectivity index (χ3n) is 5.54. The highest BCUT2D eigenvalue weighted by atomic mass is 16.5. The van der Waals surface area contributed by atoms with Gasteiger partial charge in [-0.25, -0.2) is 0 Å². The van der Waals surface area contributed by atoms with Crippen LogP contribution in [0, 0.1) is 6.92 Å². The van der Waals surface area contributed by atoms with Gasteiger partial charge in [0.05, 0.1) is 17.5 Å². The highest BCUT2D eigenvalue weighted by molar-refractivity contribution is 5.79. The van der Waals surface area contributed by atoms with E-state index in [4.69, 9.17) is 4.74 Å². The fourth-order valence-electron chi connectivity index (χ4n) is 3.86. The summed E-state index contributed by atoms with van der Waals surface area (Å²) in [4.78, 5) is 11.6. The molecule has 0 bridgehead atoms. The van der Waals surface area contributed by atoms with Crippen LogP contribution in [0.15, 0.2) is 24.3 Å². The summed E-state index contributed by atoms with van der Waals surface area (Å²) in [6.45, 7) is 9.03. The second kappa shape index (κ2) is 12.6. The fourth-order valence-corrected chi connectivity index (χ4v) is 3.86. The first kappa shape index (κ1) is 24.2. The van der Waals surface area contributed by atoms with Crippen LogP contribution in [0.5, 0.6) is 0 Å². The van der Waals surface area contributed by atoms with Crippen LogP contribution < -0.4 is 5.32 Å². The molecule has 0 amide bonds. The summed E-state index contributed by atoms with van der Waals surface area (Å²) in [6, 6.07) is 8.59. The highest BCUT2D eigenvalue weighted by Gasteiger charge is 2.21. The molecule has 1 aliphatic carbocycles. The lowest BCUT2D eigenvalue weighted by molar-refractivity contribution is -0.125. The number of aromatic nitrogens is 2. The molecule has 1 aliphatic rings. The molecule has 3 rings (SSSR count). The number of hydrogen-bond acceptors (Lipinski definition) is 5. The zero-order valence-corrected chi connectivity index (χ0v) is 19.3. The van der Waals surface area contributed by atoms with Crippen molar-refractivity contribution in [3.8, 4) is 11.3 Å². The average molecular weight is 414 g/mol. The molecule has 1 aromatic heterocycles. The Morgan fingerprint density at radius 2 is 1.87 bits per heavy atom. The molecule has 0 saturated heterocycles. The van der Waals surface area contributed by atoms with Gasteiger partial charge in [-0.2, -0.15) is 5.10 Å². The first-order chi connectivity index (χ1) is 14.6. The molecular formula is C25H39N3O2. The van der Waals surface area contributed by atoms with Crippen LogP contribution in [0.1, 0.15) is 70.3 Å². The molecule has 1 unspecified atom stereocenters. The molecule has 0 aliphatic heterocycles. The van der Waals surface area contributed by atoms with Crippen molar-refractivity contribution in [3.63, 3.8) is 0 Å². The second-order valence-electron chi connectivity index (χ2n) is 7.57. The summed E-state index contributed by atoms with van der Waals surface area (Å²) in [5.74, 6) is 0.175. The molecule has 5 heteroatoms. The summed E-state index contributed by atoms with van der Waals surface area (Å²) in [7, 11) is 1.96. The minimum Gasteiger partial charge on any atom is -0.370 e. The number of ketones is 1. The lowest BCUT2D eigenvalue weighted by Gasteiger charge is -2.23. The monoisotopic (exact) mass is 413 g/mol. The zero-order chi connectivity index (χ0) is 21.9. The largest absolute Gasteiger partial charge is 0.370 e. The van der Waals surface area contributed by atoms with Gasteiger partial charge in [0, 0.05) is 20.0 Å². The van der Waals surface area contributed by atoms with E-state index in [-0.39, 0.29) is 19.9 Å². The van der Waals surface area contributed by atoms with Crippen molar-refractivity contribution in [2.45, 2.75) is 78.9 Å². The molecule has 2 aromatic rings. The minimum absolute atomic E-state index is 0. The number of ether oxygens (including phenoxy) is 1. The average Bonchev–Trinajstić information content (AvgIpc) is 2.76. The van der Waals surface area contributed by atoms with Crippen LogP contribution in [0.2, 0.25) is 0 Å². The summed E-state index contributed by atoms with van der Waals surface area (Å²) >= 11 is 0. The second-order valence-corrected chi connectivity index (χ2v) is 7.57. The Balaban J connectivity index is 0.00000156. The van der Waals surface area contributed by atoms with Crippen LogP contribution >= 0.6 is 0 Å². The maximum Gasteiger partial charge on any atom is 0.158 e. The maximum atomic E-state index is 11.6. The van der Waals surface area contributed by atoms with Crippen LogP contribution in [-0.2, 0) is 28.9 Å². The van der Waals surface area contributed by atoms with Crippen molar-refractivity contribution >= 4 is 5.78 Å². The molecular weight excluding hydrogens is 374 g/mol. The van der Waals surface area contributed by atoms with Gasteiger partial charge in [0.2, 0.25) is 0 Å². The van der Waals surface area contributed by atoms with Crippen LogP contribution in [0.25, 0.3) is 11.3 Å². The molecule has 0 saturated carbocycles. The molecule has 1 aromatic carbocycles. The van der Waals surface area contributed by atoms with Crippen LogP contribution in [0.4, 0.5) is 0 Å². The summed E-state index contributed by atoms with van der Waals surface area (Å²) in [5, 5.41) is 12.2. The van der Waals surface area contributed by atoms with Gasteiger partial charge in [0.1, 0.15) is 6.61 Å². The van der Waals surface area contributed by atoms with E-state index in [2.05, 4.69) is 39.8 Å². The number of rotatable bonds is 7. The summed E-state index contributed by atoms with van der Waals surface area (Å²) in [6.07, 6.45) is 5.54. The number of carbonyl (C=O) groups is 1. The molecule has 0 radical (unpaired) electrons. The topological polar surface area (TPSA) is 64.1 Å². The molecule has 0 fully saturated rings. The number of nitrogens with zero attached hydrogens (tertiary/aromatic N) is 2. The SMILES string of the molecule is CC.CCC(=O)COC1CCCc2c(-c3ccc(CNC)cc3)nnc(C)c2CC1.[HH]. The molecule has 0 spiro atoms. The van der Waals surface area contributed by atoms with Crippen molar-refractivity contribution in [2.75, 3.05) is 13.7 Å². The third kappa shape index (κ3) is 6.44. The van der Waals surface area contributed by atoms with Crippen LogP contribution in [0.3, 0.4) is 0 Å². The molecule has 166 valence electrons. The van der Waals surface area contributed by atoms with Crippen molar-refractivity contribution < 1.29 is 11.0 Å². The van der Waals surface area contributed by atoms with E-state index in [0.717, 1.165) is 55.6 Å². The van der Waals surface area contributed by atoms with E-state index in [1.165, 1.54) is 16.7 Å². The van der Waals surface area contributed by atoms with Gasteiger partial charge < -0.3 is 10.1 Å². The molecule has 1 heterocycles. The van der Waals surface area contributed by atoms with Gasteiger partial charge >= 0.3 is 0 Å². The molecule has 5 nitrogen and oxygen atoms in total. The Morgan fingerprint density at radius 1 is 1.13 bits per heavy atom. The molecule has 30 heavy (non-hydrogen) atoms. The highest BCUT2D eigenvalue weighted by Crippen LogP contribution is 2.30. The number of benzene rings is 1. The van der Waals surface area contributed by atoms with Crippen molar-refractivity contribution in [1.29, 1.82) is 0 Å². The lowest BCUT2D eigenvalue weighted by Crippen LogP contribution is -2.22. The number of fused-ring (bicyclic) bond motifs is 1. The van der Waals surface area contributed by atoms with Crippen molar-refractivity contribution in [1.82, 2.24) is 15.5 Å². The van der Waals surface area contributed by atoms with Gasteiger partial charge in [0.15, 0.2) is 5.78 Å². The standard InChI is InChI=1S/C23H31N3O2.C2H6.H2/c1-4-19(27)15-28-20-6-5-7-22-21(13-12-20)16(2)25-26-23(22)18-10-8-17(9-11-18)14-24-3;1-2;/h8-11,20,24H,4-7,12-15H2,1-3H3;1-2H3;1H. The van der Waals surface area contributed by atoms with Gasteiger partial charge in [-0.05, 0) is 62.8 Å². The maximum absolute atomic E-state index is 11.6.